The predicted octanol–water partition coefficient (Wildman–Crippen LogP) is 5.38. The molecule has 35 heavy (non-hydrogen) atoms. The molecular formula is C27H24ClNO6. The second kappa shape index (κ2) is 10.1. The van der Waals surface area contributed by atoms with Crippen LogP contribution < -0.4 is 19.1 Å². The maximum atomic E-state index is 13.4. The molecule has 0 saturated carbocycles. The first kappa shape index (κ1) is 24.2. The zero-order chi connectivity index (χ0) is 25.1. The van der Waals surface area contributed by atoms with Crippen LogP contribution in [0.4, 0.5) is 5.69 Å². The zero-order valence-corrected chi connectivity index (χ0v) is 20.2. The predicted molar refractivity (Wildman–Crippen MR) is 133 cm³/mol. The van der Waals surface area contributed by atoms with Gasteiger partial charge in [-0.15, -0.1) is 0 Å². The fraction of sp³-hybridized carbons (Fsp3) is 0.185. The number of ketones is 1. The number of carbonyl (C=O) groups is 2. The second-order valence-electron chi connectivity index (χ2n) is 7.72. The van der Waals surface area contributed by atoms with Crippen molar-refractivity contribution in [2.75, 3.05) is 25.7 Å². The molecule has 0 aromatic heterocycles. The van der Waals surface area contributed by atoms with Crippen LogP contribution in [0.3, 0.4) is 0 Å². The van der Waals surface area contributed by atoms with Gasteiger partial charge in [0.2, 0.25) is 0 Å². The van der Waals surface area contributed by atoms with E-state index in [1.54, 1.807) is 66.7 Å². The number of methoxy groups -OCH3 is 2. The smallest absolute Gasteiger partial charge is 0.300 e. The van der Waals surface area contributed by atoms with Gasteiger partial charge in [-0.05, 0) is 61.0 Å². The first-order valence-electron chi connectivity index (χ1n) is 10.9. The molecule has 1 atom stereocenters. The summed E-state index contributed by atoms with van der Waals surface area (Å²) in [5.74, 6) is -0.558. The molecule has 1 aliphatic heterocycles. The van der Waals surface area contributed by atoms with E-state index in [-0.39, 0.29) is 16.9 Å². The molecule has 180 valence electrons. The molecule has 1 fully saturated rings. The molecule has 1 amide bonds. The van der Waals surface area contributed by atoms with Crippen LogP contribution >= 0.6 is 11.6 Å². The van der Waals surface area contributed by atoms with Gasteiger partial charge in [0.05, 0.1) is 38.0 Å². The van der Waals surface area contributed by atoms with E-state index >= 15 is 0 Å². The Morgan fingerprint density at radius 3 is 2.37 bits per heavy atom. The Morgan fingerprint density at radius 2 is 1.71 bits per heavy atom. The Hall–Kier alpha value is -3.97. The van der Waals surface area contributed by atoms with E-state index in [1.165, 1.54) is 19.1 Å². The number of Topliss-reactive ketones (excluding diaryl/α,β-unsaturated/α-hetero) is 1. The van der Waals surface area contributed by atoms with Gasteiger partial charge in [-0.1, -0.05) is 23.7 Å². The number of hydrogen-bond acceptors (Lipinski definition) is 6. The van der Waals surface area contributed by atoms with Gasteiger partial charge < -0.3 is 19.3 Å². The lowest BCUT2D eigenvalue weighted by Gasteiger charge is -2.26. The molecule has 3 aromatic carbocycles. The van der Waals surface area contributed by atoms with E-state index in [9.17, 15) is 14.7 Å². The molecule has 0 aliphatic carbocycles. The summed E-state index contributed by atoms with van der Waals surface area (Å²) < 4.78 is 16.3. The lowest BCUT2D eigenvalue weighted by Crippen LogP contribution is -2.29. The Kier molecular flexibility index (Phi) is 6.98. The van der Waals surface area contributed by atoms with Gasteiger partial charge in [0, 0.05) is 16.8 Å². The van der Waals surface area contributed by atoms with Crippen LogP contribution in [0.5, 0.6) is 17.2 Å². The number of ether oxygens (including phenoxy) is 3. The molecule has 1 unspecified atom stereocenters. The van der Waals surface area contributed by atoms with Crippen molar-refractivity contribution in [1.82, 2.24) is 0 Å². The number of benzene rings is 3. The number of aliphatic hydroxyl groups excluding tert-OH is 1. The summed E-state index contributed by atoms with van der Waals surface area (Å²) in [6.07, 6.45) is 0. The van der Waals surface area contributed by atoms with Gasteiger partial charge in [0.1, 0.15) is 23.0 Å². The lowest BCUT2D eigenvalue weighted by molar-refractivity contribution is -0.132. The van der Waals surface area contributed by atoms with Gasteiger partial charge in [0.25, 0.3) is 11.7 Å². The fourth-order valence-electron chi connectivity index (χ4n) is 4.10. The van der Waals surface area contributed by atoms with Gasteiger partial charge in [-0.2, -0.15) is 0 Å². The Bertz CT molecular complexity index is 1300. The zero-order valence-electron chi connectivity index (χ0n) is 19.4. The molecule has 8 heteroatoms. The SMILES string of the molecule is CCOc1cccc(C2/C(=C(\O)c3ccc(OC)cc3OC)C(=O)C(=O)N2c2ccc(Cl)cc2)c1. The molecule has 0 spiro atoms. The van der Waals surface area contributed by atoms with Crippen LogP contribution in [0.25, 0.3) is 5.76 Å². The summed E-state index contributed by atoms with van der Waals surface area (Å²) in [7, 11) is 2.96. The highest BCUT2D eigenvalue weighted by Crippen LogP contribution is 2.44. The van der Waals surface area contributed by atoms with Crippen LogP contribution in [0.1, 0.15) is 24.1 Å². The van der Waals surface area contributed by atoms with Crippen LogP contribution in [0.2, 0.25) is 5.02 Å². The molecule has 1 N–H and O–H groups in total. The van der Waals surface area contributed by atoms with Crippen LogP contribution in [-0.2, 0) is 9.59 Å². The van der Waals surface area contributed by atoms with Gasteiger partial charge in [0.15, 0.2) is 0 Å². The minimum absolute atomic E-state index is 0.0675. The lowest BCUT2D eigenvalue weighted by atomic mass is 9.94. The van der Waals surface area contributed by atoms with E-state index in [2.05, 4.69) is 0 Å². The molecule has 3 aromatic rings. The van der Waals surface area contributed by atoms with Crippen molar-refractivity contribution >= 4 is 34.7 Å². The van der Waals surface area contributed by atoms with Gasteiger partial charge in [-0.25, -0.2) is 0 Å². The molecule has 4 rings (SSSR count). The van der Waals surface area contributed by atoms with Gasteiger partial charge in [-0.3, -0.25) is 14.5 Å². The molecule has 0 radical (unpaired) electrons. The highest BCUT2D eigenvalue weighted by molar-refractivity contribution is 6.51. The number of anilines is 1. The van der Waals surface area contributed by atoms with Crippen molar-refractivity contribution in [2.45, 2.75) is 13.0 Å². The number of aliphatic hydroxyl groups is 1. The third kappa shape index (κ3) is 4.55. The Labute approximate surface area is 208 Å². The summed E-state index contributed by atoms with van der Waals surface area (Å²) in [6.45, 7) is 2.31. The number of halogens is 1. The van der Waals surface area contributed by atoms with E-state index in [0.717, 1.165) is 0 Å². The van der Waals surface area contributed by atoms with Crippen molar-refractivity contribution in [1.29, 1.82) is 0 Å². The number of carbonyl (C=O) groups excluding carboxylic acids is 2. The van der Waals surface area contributed by atoms with Gasteiger partial charge >= 0.3 is 0 Å². The number of hydrogen-bond donors (Lipinski definition) is 1. The van der Waals surface area contributed by atoms with E-state index < -0.39 is 17.7 Å². The standard InChI is InChI=1S/C27H24ClNO6/c1-4-35-20-7-5-6-16(14-20)24-23(25(30)21-13-12-19(33-2)15-22(21)34-3)26(31)27(32)29(24)18-10-8-17(28)9-11-18/h5-15,24,30H,4H2,1-3H3/b25-23+. The van der Waals surface area contributed by atoms with Crippen molar-refractivity contribution in [3.05, 3.63) is 88.5 Å². The summed E-state index contributed by atoms with van der Waals surface area (Å²) in [6, 6.07) is 17.6. The topological polar surface area (TPSA) is 85.3 Å². The summed E-state index contributed by atoms with van der Waals surface area (Å²) in [5, 5.41) is 11.9. The van der Waals surface area contributed by atoms with Crippen LogP contribution in [0.15, 0.2) is 72.3 Å². The first-order valence-corrected chi connectivity index (χ1v) is 11.3. The molecular weight excluding hydrogens is 470 g/mol. The molecule has 1 saturated heterocycles. The molecule has 1 heterocycles. The van der Waals surface area contributed by atoms with E-state index in [4.69, 9.17) is 25.8 Å². The number of nitrogens with zero attached hydrogens (tertiary/aromatic N) is 1. The molecule has 7 nitrogen and oxygen atoms in total. The minimum atomic E-state index is -0.914. The van der Waals surface area contributed by atoms with E-state index in [1.807, 2.05) is 6.92 Å². The monoisotopic (exact) mass is 493 g/mol. The Balaban J connectivity index is 1.96. The number of rotatable bonds is 7. The molecule has 1 aliphatic rings. The average Bonchev–Trinajstić information content (AvgIpc) is 3.14. The Morgan fingerprint density at radius 1 is 0.971 bits per heavy atom. The summed E-state index contributed by atoms with van der Waals surface area (Å²) in [5.41, 5.74) is 1.25. The van der Waals surface area contributed by atoms with Crippen molar-refractivity contribution in [2.24, 2.45) is 0 Å². The average molecular weight is 494 g/mol. The van der Waals surface area contributed by atoms with Crippen LogP contribution in [0, 0.1) is 0 Å². The number of amides is 1. The van der Waals surface area contributed by atoms with E-state index in [0.29, 0.717) is 40.1 Å². The first-order chi connectivity index (χ1) is 16.9. The third-order valence-corrected chi connectivity index (χ3v) is 5.95. The fourth-order valence-corrected chi connectivity index (χ4v) is 4.22. The highest BCUT2D eigenvalue weighted by atomic mass is 35.5. The quantitative estimate of drug-likeness (QED) is 0.270. The van der Waals surface area contributed by atoms with Crippen molar-refractivity contribution < 1.29 is 28.9 Å². The third-order valence-electron chi connectivity index (χ3n) is 5.70. The maximum absolute atomic E-state index is 13.4. The highest BCUT2D eigenvalue weighted by Gasteiger charge is 2.47. The summed E-state index contributed by atoms with van der Waals surface area (Å²) >= 11 is 6.05. The van der Waals surface area contributed by atoms with Crippen LogP contribution in [-0.4, -0.2) is 37.6 Å². The second-order valence-corrected chi connectivity index (χ2v) is 8.15. The minimum Gasteiger partial charge on any atom is -0.507 e. The normalized spacial score (nSPS) is 16.9. The largest absolute Gasteiger partial charge is 0.507 e. The maximum Gasteiger partial charge on any atom is 0.300 e. The van der Waals surface area contributed by atoms with Crippen molar-refractivity contribution in [3.63, 3.8) is 0 Å². The summed E-state index contributed by atoms with van der Waals surface area (Å²) in [4.78, 5) is 28.0. The van der Waals surface area contributed by atoms with Crippen molar-refractivity contribution in [3.8, 4) is 17.2 Å². The molecule has 0 bridgehead atoms.